The number of nitrogens with one attached hydrogen (secondary N) is 2. The van der Waals surface area contributed by atoms with Gasteiger partial charge in [0.15, 0.2) is 5.69 Å². The largest absolute Gasteiger partial charge is 0.496 e. The van der Waals surface area contributed by atoms with E-state index >= 15 is 0 Å². The number of rotatable bonds is 12. The molecule has 1 aromatic heterocycles. The molecule has 3 aromatic rings. The van der Waals surface area contributed by atoms with Crippen molar-refractivity contribution in [3.63, 3.8) is 0 Å². The highest BCUT2D eigenvalue weighted by atomic mass is 16.5. The Morgan fingerprint density at radius 2 is 1.71 bits per heavy atom. The molecule has 1 atom stereocenters. The Morgan fingerprint density at radius 3 is 2.29 bits per heavy atom. The molecule has 1 fully saturated rings. The van der Waals surface area contributed by atoms with Crippen LogP contribution in [0.25, 0.3) is 11.3 Å². The van der Waals surface area contributed by atoms with E-state index in [-0.39, 0.29) is 29.5 Å². The topological polar surface area (TPSA) is 94.5 Å². The molecule has 2 N–H and O–H groups in total. The lowest BCUT2D eigenvalue weighted by Crippen LogP contribution is -2.51. The standard InChI is InChI=1S/C30H38N4O4/c1-20(2)19-34-25(28-26(37-3)14-9-15-27(28)38-4)18-24(33-34)30(36)32-23(29(35)31-22-12-8-13-22)17-16-21-10-6-5-7-11-21/h5-7,9-11,14-15,18,20,22-23H,8,12-13,16-17,19H2,1-4H3,(H,31,35)(H,32,36). The number of aromatic nitrogens is 2. The third kappa shape index (κ3) is 6.54. The zero-order valence-electron chi connectivity index (χ0n) is 22.7. The minimum absolute atomic E-state index is 0.146. The molecule has 0 bridgehead atoms. The van der Waals surface area contributed by atoms with E-state index in [9.17, 15) is 9.59 Å². The molecule has 0 radical (unpaired) electrons. The highest BCUT2D eigenvalue weighted by Crippen LogP contribution is 2.38. The maximum Gasteiger partial charge on any atom is 0.272 e. The van der Waals surface area contributed by atoms with Crippen LogP contribution in [0.15, 0.2) is 54.6 Å². The molecule has 1 heterocycles. The van der Waals surface area contributed by atoms with Gasteiger partial charge < -0.3 is 20.1 Å². The first-order valence-corrected chi connectivity index (χ1v) is 13.3. The van der Waals surface area contributed by atoms with Crippen LogP contribution in [-0.4, -0.2) is 47.9 Å². The first kappa shape index (κ1) is 27.2. The summed E-state index contributed by atoms with van der Waals surface area (Å²) in [7, 11) is 3.21. The molecule has 2 amide bonds. The van der Waals surface area contributed by atoms with Crippen molar-refractivity contribution >= 4 is 11.8 Å². The Bertz CT molecular complexity index is 1210. The maximum atomic E-state index is 13.5. The zero-order valence-corrected chi connectivity index (χ0v) is 22.7. The number of methoxy groups -OCH3 is 2. The van der Waals surface area contributed by atoms with Crippen molar-refractivity contribution in [3.8, 4) is 22.8 Å². The summed E-state index contributed by atoms with van der Waals surface area (Å²) in [6.45, 7) is 4.79. The number of nitrogens with zero attached hydrogens (tertiary/aromatic N) is 2. The summed E-state index contributed by atoms with van der Waals surface area (Å²) >= 11 is 0. The molecule has 0 aliphatic heterocycles. The van der Waals surface area contributed by atoms with Gasteiger partial charge in [0.2, 0.25) is 5.91 Å². The second-order valence-corrected chi connectivity index (χ2v) is 10.2. The zero-order chi connectivity index (χ0) is 27.1. The summed E-state index contributed by atoms with van der Waals surface area (Å²) in [5.74, 6) is 1.01. The van der Waals surface area contributed by atoms with E-state index in [1.165, 1.54) is 0 Å². The van der Waals surface area contributed by atoms with Crippen LogP contribution in [0.5, 0.6) is 11.5 Å². The van der Waals surface area contributed by atoms with E-state index in [0.717, 1.165) is 36.1 Å². The van der Waals surface area contributed by atoms with Crippen molar-refractivity contribution in [2.24, 2.45) is 5.92 Å². The van der Waals surface area contributed by atoms with Crippen LogP contribution in [0.2, 0.25) is 0 Å². The monoisotopic (exact) mass is 518 g/mol. The van der Waals surface area contributed by atoms with Gasteiger partial charge in [-0.25, -0.2) is 0 Å². The number of carbonyl (C=O) groups excluding carboxylic acids is 2. The molecule has 0 spiro atoms. The van der Waals surface area contributed by atoms with Crippen LogP contribution >= 0.6 is 0 Å². The van der Waals surface area contributed by atoms with Crippen molar-refractivity contribution in [1.82, 2.24) is 20.4 Å². The summed E-state index contributed by atoms with van der Waals surface area (Å²) in [5, 5.41) is 10.7. The predicted molar refractivity (Wildman–Crippen MR) is 147 cm³/mol. The molecule has 38 heavy (non-hydrogen) atoms. The van der Waals surface area contributed by atoms with Gasteiger partial charge in [0.25, 0.3) is 5.91 Å². The molecule has 1 aliphatic rings. The molecular weight excluding hydrogens is 480 g/mol. The van der Waals surface area contributed by atoms with Crippen LogP contribution in [-0.2, 0) is 17.8 Å². The third-order valence-electron chi connectivity index (χ3n) is 6.87. The number of ether oxygens (including phenoxy) is 2. The second kappa shape index (κ2) is 12.6. The number of aryl methyl sites for hydroxylation is 1. The highest BCUT2D eigenvalue weighted by Gasteiger charge is 2.28. The van der Waals surface area contributed by atoms with Crippen LogP contribution in [0.4, 0.5) is 0 Å². The van der Waals surface area contributed by atoms with E-state index in [0.29, 0.717) is 30.9 Å². The van der Waals surface area contributed by atoms with Gasteiger partial charge in [-0.15, -0.1) is 0 Å². The predicted octanol–water partition coefficient (Wildman–Crippen LogP) is 4.62. The average Bonchev–Trinajstić information content (AvgIpc) is 3.31. The van der Waals surface area contributed by atoms with Gasteiger partial charge in [0.05, 0.1) is 25.5 Å². The lowest BCUT2D eigenvalue weighted by molar-refractivity contribution is -0.124. The summed E-state index contributed by atoms with van der Waals surface area (Å²) in [5.41, 5.74) is 2.82. The van der Waals surface area contributed by atoms with Crippen molar-refractivity contribution in [3.05, 3.63) is 65.9 Å². The Hall–Kier alpha value is -3.81. The number of hydrogen-bond donors (Lipinski definition) is 2. The average molecular weight is 519 g/mol. The van der Waals surface area contributed by atoms with E-state index in [1.807, 2.05) is 53.2 Å². The number of hydrogen-bond acceptors (Lipinski definition) is 5. The molecule has 4 rings (SSSR count). The number of carbonyl (C=O) groups is 2. The van der Waals surface area contributed by atoms with Crippen LogP contribution in [0.1, 0.15) is 55.6 Å². The van der Waals surface area contributed by atoms with Crippen molar-refractivity contribution in [2.75, 3.05) is 14.2 Å². The van der Waals surface area contributed by atoms with Gasteiger partial charge in [0, 0.05) is 12.6 Å². The molecule has 1 saturated carbocycles. The van der Waals surface area contributed by atoms with E-state index in [1.54, 1.807) is 20.3 Å². The third-order valence-corrected chi connectivity index (χ3v) is 6.87. The smallest absolute Gasteiger partial charge is 0.272 e. The van der Waals surface area contributed by atoms with Crippen molar-refractivity contribution in [1.29, 1.82) is 0 Å². The molecule has 1 unspecified atom stereocenters. The number of benzene rings is 2. The second-order valence-electron chi connectivity index (χ2n) is 10.2. The fourth-order valence-electron chi connectivity index (χ4n) is 4.63. The molecule has 0 saturated heterocycles. The van der Waals surface area contributed by atoms with Gasteiger partial charge in [-0.2, -0.15) is 5.10 Å². The van der Waals surface area contributed by atoms with Crippen molar-refractivity contribution < 1.29 is 19.1 Å². The minimum Gasteiger partial charge on any atom is -0.496 e. The quantitative estimate of drug-likeness (QED) is 0.365. The van der Waals surface area contributed by atoms with Gasteiger partial charge >= 0.3 is 0 Å². The minimum atomic E-state index is -0.664. The van der Waals surface area contributed by atoms with E-state index in [4.69, 9.17) is 9.47 Å². The Labute approximate surface area is 224 Å². The fourth-order valence-corrected chi connectivity index (χ4v) is 4.63. The lowest BCUT2D eigenvalue weighted by atomic mass is 9.92. The summed E-state index contributed by atoms with van der Waals surface area (Å²) in [6, 6.07) is 16.8. The first-order chi connectivity index (χ1) is 18.4. The first-order valence-electron chi connectivity index (χ1n) is 13.3. The molecular formula is C30H38N4O4. The summed E-state index contributed by atoms with van der Waals surface area (Å²) in [6.07, 6.45) is 4.25. The molecule has 8 heteroatoms. The van der Waals surface area contributed by atoms with Gasteiger partial charge in [0.1, 0.15) is 17.5 Å². The fraction of sp³-hybridized carbons (Fsp3) is 0.433. The van der Waals surface area contributed by atoms with Crippen LogP contribution in [0.3, 0.4) is 0 Å². The lowest BCUT2D eigenvalue weighted by Gasteiger charge is -2.29. The van der Waals surface area contributed by atoms with E-state index in [2.05, 4.69) is 29.6 Å². The van der Waals surface area contributed by atoms with Gasteiger partial charge in [-0.05, 0) is 61.8 Å². The summed E-state index contributed by atoms with van der Waals surface area (Å²) in [4.78, 5) is 26.7. The Kier molecular flexibility index (Phi) is 9.05. The van der Waals surface area contributed by atoms with E-state index < -0.39 is 6.04 Å². The molecule has 1 aliphatic carbocycles. The molecule has 202 valence electrons. The Morgan fingerprint density at radius 1 is 1.03 bits per heavy atom. The normalized spacial score (nSPS) is 14.0. The van der Waals surface area contributed by atoms with Crippen molar-refractivity contribution in [2.45, 2.75) is 64.6 Å². The van der Waals surface area contributed by atoms with Crippen LogP contribution < -0.4 is 20.1 Å². The maximum absolute atomic E-state index is 13.5. The SMILES string of the molecule is COc1cccc(OC)c1-c1cc(C(=O)NC(CCc2ccccc2)C(=O)NC2CCC2)nn1CC(C)C. The van der Waals surface area contributed by atoms with Gasteiger partial charge in [-0.3, -0.25) is 14.3 Å². The molecule has 8 nitrogen and oxygen atoms in total. The highest BCUT2D eigenvalue weighted by molar-refractivity contribution is 5.97. The summed E-state index contributed by atoms with van der Waals surface area (Å²) < 4.78 is 13.1. The van der Waals surface area contributed by atoms with Gasteiger partial charge in [-0.1, -0.05) is 50.2 Å². The Balaban J connectivity index is 1.61. The number of amides is 2. The van der Waals surface area contributed by atoms with Crippen LogP contribution in [0, 0.1) is 5.92 Å². The molecule has 2 aromatic carbocycles.